The third kappa shape index (κ3) is 1.42. The summed E-state index contributed by atoms with van der Waals surface area (Å²) >= 11 is 5.62. The lowest BCUT2D eigenvalue weighted by molar-refractivity contribution is 0.104. The summed E-state index contributed by atoms with van der Waals surface area (Å²) in [6, 6.07) is 8.29. The third-order valence-corrected chi connectivity index (χ3v) is 5.53. The zero-order chi connectivity index (χ0) is 14.0. The molecule has 0 spiro atoms. The van der Waals surface area contributed by atoms with Crippen molar-refractivity contribution >= 4 is 63.6 Å². The van der Waals surface area contributed by atoms with E-state index in [1.807, 2.05) is 12.1 Å². The smallest absolute Gasteiger partial charge is 0.192 e. The van der Waals surface area contributed by atoms with Crippen LogP contribution in [0, 0.1) is 5.92 Å². The van der Waals surface area contributed by atoms with Gasteiger partial charge in [0.05, 0.1) is 0 Å². The first-order valence-corrected chi connectivity index (χ1v) is 7.83. The first-order chi connectivity index (χ1) is 9.61. The van der Waals surface area contributed by atoms with E-state index < -0.39 is 0 Å². The predicted molar refractivity (Wildman–Crippen MR) is 84.3 cm³/mol. The number of benzene rings is 2. The molecule has 0 heterocycles. The molecule has 0 bridgehead atoms. The van der Waals surface area contributed by atoms with Gasteiger partial charge in [-0.05, 0) is 21.9 Å². The number of Topliss-reactive ketones (excluding diaryl/α,β-unsaturated/α-hetero) is 1. The monoisotopic (exact) mass is 284 g/mol. The van der Waals surface area contributed by atoms with Gasteiger partial charge in [0.2, 0.25) is 0 Å². The van der Waals surface area contributed by atoms with E-state index in [4.69, 9.17) is 0 Å². The summed E-state index contributed by atoms with van der Waals surface area (Å²) in [7, 11) is 0. The van der Waals surface area contributed by atoms with Gasteiger partial charge in [-0.25, -0.2) is 0 Å². The van der Waals surface area contributed by atoms with Crippen LogP contribution in [0.25, 0.3) is 16.3 Å². The summed E-state index contributed by atoms with van der Waals surface area (Å²) in [6.07, 6.45) is 4.11. The molecular formula is C17H10Al2O. The largest absolute Gasteiger partial charge is 0.289 e. The molecular weight excluding hydrogens is 274 g/mol. The zero-order valence-corrected chi connectivity index (χ0v) is 13.4. The quantitative estimate of drug-likeness (QED) is 0.671. The normalized spacial score (nSPS) is 19.9. The molecule has 90 valence electrons. The van der Waals surface area contributed by atoms with Crippen LogP contribution in [-0.4, -0.2) is 38.4 Å². The minimum Gasteiger partial charge on any atom is -0.289 e. The lowest BCUT2D eigenvalue weighted by Crippen LogP contribution is -2.24. The molecule has 4 rings (SSSR count). The number of allylic oxidation sites excluding steroid dienone is 4. The van der Waals surface area contributed by atoms with E-state index in [1.54, 1.807) is 0 Å². The number of ketones is 1. The van der Waals surface area contributed by atoms with Gasteiger partial charge in [-0.2, -0.15) is 0 Å². The van der Waals surface area contributed by atoms with Crippen molar-refractivity contribution in [2.45, 2.75) is 6.92 Å². The van der Waals surface area contributed by atoms with E-state index in [1.165, 1.54) is 11.0 Å². The van der Waals surface area contributed by atoms with Crippen molar-refractivity contribution in [1.29, 1.82) is 0 Å². The molecule has 2 aromatic carbocycles. The Morgan fingerprint density at radius 2 is 1.60 bits per heavy atom. The van der Waals surface area contributed by atoms with Crippen LogP contribution in [0.5, 0.6) is 0 Å². The highest BCUT2D eigenvalue weighted by Crippen LogP contribution is 2.41. The van der Waals surface area contributed by atoms with Gasteiger partial charge in [0.25, 0.3) is 0 Å². The number of hydrogen-bond acceptors (Lipinski definition) is 1. The maximum absolute atomic E-state index is 12.7. The van der Waals surface area contributed by atoms with Crippen molar-refractivity contribution in [3.63, 3.8) is 0 Å². The number of carbonyl (C=O) groups excluding carboxylic acids is 1. The van der Waals surface area contributed by atoms with Crippen LogP contribution in [-0.2, 0) is 0 Å². The first-order valence-electron chi connectivity index (χ1n) is 6.68. The fourth-order valence-electron chi connectivity index (χ4n) is 3.37. The average molecular weight is 284 g/mol. The fraction of sp³-hybridized carbons (Fsp3) is 0.118. The molecule has 20 heavy (non-hydrogen) atoms. The predicted octanol–water partition coefficient (Wildman–Crippen LogP) is 1.58. The number of carbonyl (C=O) groups is 1. The highest BCUT2D eigenvalue weighted by atomic mass is 27.1. The SMILES string of the molecule is C[C@@H]1C=CC2=C1c1c([c]([Al])c3ccccc3[c]1[Al])C2=O. The maximum atomic E-state index is 12.7. The van der Waals surface area contributed by atoms with Crippen LogP contribution in [0.3, 0.4) is 0 Å². The Kier molecular flexibility index (Phi) is 2.66. The topological polar surface area (TPSA) is 17.1 Å². The summed E-state index contributed by atoms with van der Waals surface area (Å²) in [5.74, 6) is 0.495. The molecule has 1 atom stereocenters. The van der Waals surface area contributed by atoms with Gasteiger partial charge >= 0.3 is 0 Å². The van der Waals surface area contributed by atoms with Gasteiger partial charge in [0.1, 0.15) is 0 Å². The summed E-state index contributed by atoms with van der Waals surface area (Å²) in [4.78, 5) is 12.7. The molecule has 2 aliphatic carbocycles. The molecule has 0 aliphatic heterocycles. The molecule has 4 radical (unpaired) electrons. The van der Waals surface area contributed by atoms with Crippen LogP contribution >= 0.6 is 0 Å². The standard InChI is InChI=1S/C17H10O.2Al/c1-10-6-7-13-16(10)14-8-11-4-2-3-5-12(11)9-15(14)17(13)18;;/h2-7,10H,1H3;;/t10-;;/m1../s1. The van der Waals surface area contributed by atoms with Gasteiger partial charge < -0.3 is 0 Å². The van der Waals surface area contributed by atoms with Crippen LogP contribution in [0.2, 0.25) is 0 Å². The lowest BCUT2D eigenvalue weighted by Gasteiger charge is -2.18. The van der Waals surface area contributed by atoms with Gasteiger partial charge in [0.15, 0.2) is 38.4 Å². The van der Waals surface area contributed by atoms with Crippen LogP contribution in [0.1, 0.15) is 22.8 Å². The molecule has 0 saturated carbocycles. The summed E-state index contributed by atoms with van der Waals surface area (Å²) < 4.78 is 2.18. The van der Waals surface area contributed by atoms with Crippen molar-refractivity contribution in [3.05, 3.63) is 53.1 Å². The summed E-state index contributed by atoms with van der Waals surface area (Å²) in [5, 5.41) is 2.36. The van der Waals surface area contributed by atoms with E-state index in [0.717, 1.165) is 30.9 Å². The van der Waals surface area contributed by atoms with E-state index in [2.05, 4.69) is 63.8 Å². The van der Waals surface area contributed by atoms with Crippen molar-refractivity contribution in [2.24, 2.45) is 5.92 Å². The molecule has 0 unspecified atom stereocenters. The van der Waals surface area contributed by atoms with Gasteiger partial charge in [-0.15, -0.1) is 8.85 Å². The third-order valence-electron chi connectivity index (χ3n) is 4.33. The zero-order valence-electron chi connectivity index (χ0n) is 11.1. The van der Waals surface area contributed by atoms with Crippen molar-refractivity contribution in [1.82, 2.24) is 0 Å². The minimum absolute atomic E-state index is 0.176. The van der Waals surface area contributed by atoms with Crippen molar-refractivity contribution < 1.29 is 4.79 Å². The highest BCUT2D eigenvalue weighted by Gasteiger charge is 2.35. The van der Waals surface area contributed by atoms with Gasteiger partial charge in [0, 0.05) is 17.1 Å². The van der Waals surface area contributed by atoms with E-state index in [-0.39, 0.29) is 5.78 Å². The summed E-state index contributed by atoms with van der Waals surface area (Å²) in [6.45, 7) is 2.16. The Morgan fingerprint density at radius 1 is 1.00 bits per heavy atom. The number of rotatable bonds is 0. The van der Waals surface area contributed by atoms with Crippen molar-refractivity contribution in [2.75, 3.05) is 0 Å². The molecule has 2 aliphatic rings. The second-order valence-corrected chi connectivity index (χ2v) is 6.58. The Hall–Kier alpha value is -1.09. The minimum atomic E-state index is 0.176. The Morgan fingerprint density at radius 3 is 2.25 bits per heavy atom. The van der Waals surface area contributed by atoms with Crippen LogP contribution in [0.4, 0.5) is 0 Å². The van der Waals surface area contributed by atoms with Crippen LogP contribution in [0.15, 0.2) is 42.0 Å². The second kappa shape index (κ2) is 4.20. The average Bonchev–Trinajstić information content (AvgIpc) is 2.96. The Bertz CT molecular complexity index is 859. The molecule has 1 nitrogen and oxygen atoms in total. The molecule has 0 aromatic heterocycles. The molecule has 0 fully saturated rings. The van der Waals surface area contributed by atoms with E-state index in [0.29, 0.717) is 5.92 Å². The van der Waals surface area contributed by atoms with E-state index >= 15 is 0 Å². The second-order valence-electron chi connectivity index (χ2n) is 5.43. The highest BCUT2D eigenvalue weighted by molar-refractivity contribution is 6.52. The molecule has 0 N–H and O–H groups in total. The van der Waals surface area contributed by atoms with Gasteiger partial charge in [-0.3, -0.25) is 4.79 Å². The van der Waals surface area contributed by atoms with Crippen LogP contribution < -0.4 is 8.85 Å². The van der Waals surface area contributed by atoms with Gasteiger partial charge in [-0.1, -0.05) is 43.3 Å². The Balaban J connectivity index is 2.19. The van der Waals surface area contributed by atoms with Crippen molar-refractivity contribution in [3.8, 4) is 0 Å². The molecule has 2 aromatic rings. The Labute approximate surface area is 134 Å². The number of hydrogen-bond donors (Lipinski definition) is 0. The molecule has 0 saturated heterocycles. The first kappa shape index (κ1) is 12.6. The molecule has 3 heteroatoms. The molecule has 0 amide bonds. The lowest BCUT2D eigenvalue weighted by atomic mass is 9.93. The maximum Gasteiger partial charge on any atom is 0.192 e. The fourth-order valence-corrected chi connectivity index (χ4v) is 4.45. The number of fused-ring (bicyclic) bond motifs is 3. The van der Waals surface area contributed by atoms with E-state index in [9.17, 15) is 4.79 Å². The summed E-state index contributed by atoms with van der Waals surface area (Å²) in [5.41, 5.74) is 4.09.